The quantitative estimate of drug-likeness (QED) is 0.555. The van der Waals surface area contributed by atoms with E-state index in [2.05, 4.69) is 19.1 Å². The number of hydrogen-bond donors (Lipinski definition) is 4. The number of fused-ring (bicyclic) bond motifs is 1. The van der Waals surface area contributed by atoms with Gasteiger partial charge in [-0.25, -0.2) is 0 Å². The summed E-state index contributed by atoms with van der Waals surface area (Å²) in [4.78, 5) is 11.0. The van der Waals surface area contributed by atoms with Crippen LogP contribution in [0.25, 0.3) is 0 Å². The Morgan fingerprint density at radius 1 is 1.21 bits per heavy atom. The van der Waals surface area contributed by atoms with Crippen LogP contribution in [0.5, 0.6) is 0 Å². The van der Waals surface area contributed by atoms with Crippen molar-refractivity contribution in [2.24, 2.45) is 23.2 Å². The normalized spacial score (nSPS) is 38.4. The van der Waals surface area contributed by atoms with Gasteiger partial charge in [-0.3, -0.25) is 4.79 Å². The van der Waals surface area contributed by atoms with Gasteiger partial charge in [-0.2, -0.15) is 0 Å². The molecule has 6 atom stereocenters. The predicted molar refractivity (Wildman–Crippen MR) is 108 cm³/mol. The molecule has 0 saturated heterocycles. The van der Waals surface area contributed by atoms with E-state index < -0.39 is 12.1 Å². The van der Waals surface area contributed by atoms with Crippen LogP contribution < -0.4 is 0 Å². The third-order valence-electron chi connectivity index (χ3n) is 7.71. The van der Waals surface area contributed by atoms with Gasteiger partial charge >= 0.3 is 5.97 Å². The molecule has 5 nitrogen and oxygen atoms in total. The second-order valence-electron chi connectivity index (χ2n) is 9.42. The second-order valence-corrected chi connectivity index (χ2v) is 9.42. The molecule has 0 aromatic rings. The van der Waals surface area contributed by atoms with Gasteiger partial charge in [-0.15, -0.1) is 0 Å². The Bertz CT molecular complexity index is 624. The molecule has 0 aromatic heterocycles. The summed E-state index contributed by atoms with van der Waals surface area (Å²) in [6, 6.07) is 0. The molecular weight excluding hydrogens is 356 g/mol. The van der Waals surface area contributed by atoms with Crippen molar-refractivity contribution in [3.63, 3.8) is 0 Å². The van der Waals surface area contributed by atoms with Crippen LogP contribution in [-0.2, 0) is 4.79 Å². The number of carbonyl (C=O) groups is 1. The summed E-state index contributed by atoms with van der Waals surface area (Å²) in [5.74, 6) is -0.819. The minimum atomic E-state index is -1.02. The molecule has 3 aliphatic carbocycles. The van der Waals surface area contributed by atoms with Crippen LogP contribution in [0.4, 0.5) is 0 Å². The van der Waals surface area contributed by atoms with E-state index in [1.807, 2.05) is 0 Å². The molecule has 0 bridgehead atoms. The Morgan fingerprint density at radius 3 is 2.68 bits per heavy atom. The van der Waals surface area contributed by atoms with Crippen LogP contribution in [-0.4, -0.2) is 45.2 Å². The summed E-state index contributed by atoms with van der Waals surface area (Å²) in [7, 11) is 0. The number of carboxylic acids is 1. The van der Waals surface area contributed by atoms with E-state index in [4.69, 9.17) is 5.11 Å². The van der Waals surface area contributed by atoms with Gasteiger partial charge in [-0.1, -0.05) is 30.2 Å². The lowest BCUT2D eigenvalue weighted by Crippen LogP contribution is -2.42. The number of aliphatic hydroxyl groups excluding tert-OH is 3. The van der Waals surface area contributed by atoms with E-state index >= 15 is 0 Å². The summed E-state index contributed by atoms with van der Waals surface area (Å²) in [5.41, 5.74) is 2.79. The molecule has 4 N–H and O–H groups in total. The monoisotopic (exact) mass is 392 g/mol. The number of rotatable bonds is 6. The summed E-state index contributed by atoms with van der Waals surface area (Å²) in [6.45, 7) is 2.11. The first kappa shape index (κ1) is 21.5. The first-order chi connectivity index (χ1) is 13.3. The molecule has 158 valence electrons. The highest BCUT2D eigenvalue weighted by molar-refractivity contribution is 5.67. The SMILES string of the molecule is C[C@]12CCCC(=CC=C3CCC[C@H](O)C3)[C@@H]1CC[C@@H]2[C@H](CO)C(O)CC(=O)O. The molecule has 5 heteroatoms. The maximum atomic E-state index is 11.0. The Morgan fingerprint density at radius 2 is 2.00 bits per heavy atom. The lowest BCUT2D eigenvalue weighted by atomic mass is 9.60. The molecule has 0 radical (unpaired) electrons. The zero-order valence-electron chi connectivity index (χ0n) is 17.0. The van der Waals surface area contributed by atoms with Crippen molar-refractivity contribution >= 4 is 5.97 Å². The first-order valence-corrected chi connectivity index (χ1v) is 10.9. The zero-order chi connectivity index (χ0) is 20.3. The Labute approximate surface area is 168 Å². The second kappa shape index (κ2) is 9.10. The van der Waals surface area contributed by atoms with Gasteiger partial charge in [0.25, 0.3) is 0 Å². The highest BCUT2D eigenvalue weighted by Crippen LogP contribution is 2.59. The summed E-state index contributed by atoms with van der Waals surface area (Å²) >= 11 is 0. The van der Waals surface area contributed by atoms with Gasteiger partial charge in [0.15, 0.2) is 0 Å². The minimum absolute atomic E-state index is 0.00154. The van der Waals surface area contributed by atoms with Crippen molar-refractivity contribution in [2.45, 2.75) is 83.3 Å². The van der Waals surface area contributed by atoms with Gasteiger partial charge in [0, 0.05) is 12.5 Å². The van der Waals surface area contributed by atoms with E-state index in [1.54, 1.807) is 0 Å². The predicted octanol–water partition coefficient (Wildman–Crippen LogP) is 3.43. The van der Waals surface area contributed by atoms with E-state index in [1.165, 1.54) is 11.1 Å². The maximum absolute atomic E-state index is 11.0. The molecule has 3 rings (SSSR count). The largest absolute Gasteiger partial charge is 0.481 e. The molecule has 28 heavy (non-hydrogen) atoms. The van der Waals surface area contributed by atoms with E-state index in [0.717, 1.165) is 57.8 Å². The summed E-state index contributed by atoms with van der Waals surface area (Å²) in [6.07, 6.45) is 12.0. The van der Waals surface area contributed by atoms with Crippen LogP contribution in [0.1, 0.15) is 71.1 Å². The lowest BCUT2D eigenvalue weighted by Gasteiger charge is -2.45. The first-order valence-electron chi connectivity index (χ1n) is 10.9. The number of allylic oxidation sites excluding steroid dienone is 3. The molecule has 0 aliphatic heterocycles. The van der Waals surface area contributed by atoms with E-state index in [0.29, 0.717) is 5.92 Å². The van der Waals surface area contributed by atoms with E-state index in [9.17, 15) is 20.1 Å². The molecule has 3 fully saturated rings. The van der Waals surface area contributed by atoms with Crippen molar-refractivity contribution in [1.82, 2.24) is 0 Å². The molecular formula is C23H36O5. The number of carboxylic acid groups (broad SMARTS) is 1. The molecule has 0 spiro atoms. The summed E-state index contributed by atoms with van der Waals surface area (Å²) in [5, 5.41) is 39.3. The van der Waals surface area contributed by atoms with Gasteiger partial charge in [0.2, 0.25) is 0 Å². The fourth-order valence-electron chi connectivity index (χ4n) is 6.28. The zero-order valence-corrected chi connectivity index (χ0v) is 17.0. The number of hydrogen-bond acceptors (Lipinski definition) is 4. The van der Waals surface area contributed by atoms with Crippen molar-refractivity contribution in [2.75, 3.05) is 6.61 Å². The Kier molecular flexibility index (Phi) is 7.00. The van der Waals surface area contributed by atoms with Crippen molar-refractivity contribution in [3.05, 3.63) is 23.3 Å². The highest BCUT2D eigenvalue weighted by atomic mass is 16.4. The van der Waals surface area contributed by atoms with Crippen LogP contribution in [0.3, 0.4) is 0 Å². The topological polar surface area (TPSA) is 98.0 Å². The van der Waals surface area contributed by atoms with Gasteiger partial charge in [0.05, 0.1) is 18.6 Å². The van der Waals surface area contributed by atoms with Crippen LogP contribution in [0, 0.1) is 23.2 Å². The standard InChI is InChI=1S/C23H36O5/c1-23-11-3-5-16(8-7-15-4-2-6-17(25)12-15)19(23)9-10-20(23)18(14-24)21(26)13-22(27)28/h7-8,17-21,24-26H,2-6,9-14H2,1H3,(H,27,28)/t17-,18-,19-,20+,21?,23-/m0/s1. The Hall–Kier alpha value is -1.17. The Balaban J connectivity index is 1.77. The third-order valence-corrected chi connectivity index (χ3v) is 7.71. The van der Waals surface area contributed by atoms with Crippen molar-refractivity contribution in [1.29, 1.82) is 0 Å². The van der Waals surface area contributed by atoms with Crippen LogP contribution in [0.2, 0.25) is 0 Å². The average Bonchev–Trinajstić information content (AvgIpc) is 2.98. The van der Waals surface area contributed by atoms with Crippen molar-refractivity contribution in [3.8, 4) is 0 Å². The van der Waals surface area contributed by atoms with Crippen molar-refractivity contribution < 1.29 is 25.2 Å². The van der Waals surface area contributed by atoms with Crippen LogP contribution >= 0.6 is 0 Å². The molecule has 3 saturated carbocycles. The smallest absolute Gasteiger partial charge is 0.305 e. The lowest BCUT2D eigenvalue weighted by molar-refractivity contribution is -0.141. The van der Waals surface area contributed by atoms with Crippen LogP contribution in [0.15, 0.2) is 23.3 Å². The molecule has 3 aliphatic rings. The molecule has 1 unspecified atom stereocenters. The fourth-order valence-corrected chi connectivity index (χ4v) is 6.28. The maximum Gasteiger partial charge on any atom is 0.305 e. The molecule has 0 amide bonds. The summed E-state index contributed by atoms with van der Waals surface area (Å²) < 4.78 is 0. The van der Waals surface area contributed by atoms with Gasteiger partial charge < -0.3 is 20.4 Å². The molecule has 0 aromatic carbocycles. The number of aliphatic hydroxyl groups is 3. The highest BCUT2D eigenvalue weighted by Gasteiger charge is 2.52. The van der Waals surface area contributed by atoms with Gasteiger partial charge in [0.1, 0.15) is 0 Å². The average molecular weight is 393 g/mol. The number of aliphatic carboxylic acids is 1. The minimum Gasteiger partial charge on any atom is -0.481 e. The fraction of sp³-hybridized carbons (Fsp3) is 0.783. The van der Waals surface area contributed by atoms with E-state index in [-0.39, 0.29) is 36.4 Å². The third kappa shape index (κ3) is 4.52. The molecule has 0 heterocycles. The van der Waals surface area contributed by atoms with Gasteiger partial charge in [-0.05, 0) is 75.0 Å².